The van der Waals surface area contributed by atoms with Crippen LogP contribution in [0, 0.1) is 0 Å². The minimum Gasteiger partial charge on any atom is -0.490 e. The number of rotatable bonds is 11. The van der Waals surface area contributed by atoms with Crippen molar-refractivity contribution >= 4 is 57.5 Å². The Labute approximate surface area is 257 Å². The fraction of sp³-hybridized carbons (Fsp3) is 0.0938. The van der Waals surface area contributed by atoms with Crippen LogP contribution >= 0.6 is 34.5 Å². The Morgan fingerprint density at radius 2 is 1.76 bits per heavy atom. The molecule has 0 saturated heterocycles. The molecule has 0 aliphatic carbocycles. The molecule has 0 fully saturated rings. The normalized spacial score (nSPS) is 10.9. The molecule has 0 saturated carbocycles. The number of benzene rings is 4. The van der Waals surface area contributed by atoms with Crippen LogP contribution in [0.15, 0.2) is 101 Å². The predicted octanol–water partition coefficient (Wildman–Crippen LogP) is 8.60. The highest BCUT2D eigenvalue weighted by atomic mass is 35.5. The fourth-order valence-corrected chi connectivity index (χ4v) is 5.12. The number of carbonyl (C=O) groups excluding carboxylic acids is 1. The molecule has 1 aromatic heterocycles. The maximum Gasteiger partial charge on any atom is 0.271 e. The van der Waals surface area contributed by atoms with E-state index in [1.165, 1.54) is 11.3 Å². The molecule has 0 atom stereocenters. The first-order chi connectivity index (χ1) is 20.5. The number of ether oxygens (including phenoxy) is 2. The van der Waals surface area contributed by atoms with Gasteiger partial charge >= 0.3 is 0 Å². The molecular weight excluding hydrogens is 591 g/mol. The summed E-state index contributed by atoms with van der Waals surface area (Å²) in [6, 6.07) is 27.8. The first-order valence-electron chi connectivity index (χ1n) is 13.0. The van der Waals surface area contributed by atoms with Gasteiger partial charge in [-0.05, 0) is 67.1 Å². The maximum absolute atomic E-state index is 12.7. The lowest BCUT2D eigenvalue weighted by atomic mass is 10.1. The molecule has 0 bridgehead atoms. The number of hydrogen-bond donors (Lipinski definition) is 2. The van der Waals surface area contributed by atoms with Crippen molar-refractivity contribution in [1.29, 1.82) is 0 Å². The van der Waals surface area contributed by atoms with E-state index in [0.717, 1.165) is 33.2 Å². The lowest BCUT2D eigenvalue weighted by Crippen LogP contribution is -2.17. The Morgan fingerprint density at radius 3 is 2.52 bits per heavy atom. The van der Waals surface area contributed by atoms with E-state index in [1.807, 2.05) is 66.9 Å². The second kappa shape index (κ2) is 14.0. The van der Waals surface area contributed by atoms with E-state index in [2.05, 4.69) is 20.8 Å². The molecule has 0 radical (unpaired) electrons. The third kappa shape index (κ3) is 7.67. The average Bonchev–Trinajstić information content (AvgIpc) is 3.46. The molecule has 1 amide bonds. The van der Waals surface area contributed by atoms with Gasteiger partial charge < -0.3 is 14.8 Å². The zero-order valence-electron chi connectivity index (χ0n) is 22.5. The highest BCUT2D eigenvalue weighted by molar-refractivity contribution is 7.14. The highest BCUT2D eigenvalue weighted by Crippen LogP contribution is 2.31. The van der Waals surface area contributed by atoms with Gasteiger partial charge in [-0.25, -0.2) is 10.4 Å². The smallest absolute Gasteiger partial charge is 0.271 e. The van der Waals surface area contributed by atoms with Crippen LogP contribution < -0.4 is 20.2 Å². The van der Waals surface area contributed by atoms with Crippen molar-refractivity contribution < 1.29 is 14.3 Å². The third-order valence-corrected chi connectivity index (χ3v) is 7.36. The Bertz CT molecular complexity index is 1690. The van der Waals surface area contributed by atoms with Crippen molar-refractivity contribution in [2.24, 2.45) is 5.10 Å². The van der Waals surface area contributed by atoms with E-state index < -0.39 is 0 Å². The number of aromatic nitrogens is 1. The molecule has 5 aromatic rings. The highest BCUT2D eigenvalue weighted by Gasteiger charge is 2.10. The van der Waals surface area contributed by atoms with Crippen LogP contribution in [-0.4, -0.2) is 23.7 Å². The second-order valence-electron chi connectivity index (χ2n) is 8.97. The van der Waals surface area contributed by atoms with Crippen LogP contribution in [0.1, 0.15) is 28.4 Å². The lowest BCUT2D eigenvalue weighted by molar-refractivity contribution is 0.0955. The van der Waals surface area contributed by atoms with Crippen molar-refractivity contribution in [3.8, 4) is 22.8 Å². The van der Waals surface area contributed by atoms with Gasteiger partial charge in [-0.2, -0.15) is 5.10 Å². The molecule has 0 aliphatic rings. The number of carbonyl (C=O) groups is 1. The van der Waals surface area contributed by atoms with Gasteiger partial charge in [0.1, 0.15) is 6.61 Å². The SMILES string of the molecule is CCOc1cc(/C=N\NC(=O)c2ccc(-c3csc(Nc4ccccc4)n3)cc2)ccc1OCc1ccc(Cl)cc1Cl. The largest absolute Gasteiger partial charge is 0.490 e. The van der Waals surface area contributed by atoms with E-state index in [9.17, 15) is 4.79 Å². The van der Waals surface area contributed by atoms with Crippen molar-refractivity contribution in [1.82, 2.24) is 10.4 Å². The topological polar surface area (TPSA) is 84.8 Å². The van der Waals surface area contributed by atoms with Crippen LogP contribution in [0.2, 0.25) is 10.0 Å². The fourth-order valence-electron chi connectivity index (χ4n) is 3.92. The zero-order valence-corrected chi connectivity index (χ0v) is 24.8. The monoisotopic (exact) mass is 616 g/mol. The van der Waals surface area contributed by atoms with Crippen LogP contribution in [0.5, 0.6) is 11.5 Å². The van der Waals surface area contributed by atoms with Gasteiger partial charge in [0, 0.05) is 37.8 Å². The number of nitrogens with zero attached hydrogens (tertiary/aromatic N) is 2. The summed E-state index contributed by atoms with van der Waals surface area (Å²) in [4.78, 5) is 17.3. The first kappa shape index (κ1) is 29.1. The van der Waals surface area contributed by atoms with E-state index >= 15 is 0 Å². The Hall–Kier alpha value is -4.37. The summed E-state index contributed by atoms with van der Waals surface area (Å²) in [5.41, 5.74) is 7.31. The first-order valence-corrected chi connectivity index (χ1v) is 14.7. The molecule has 7 nitrogen and oxygen atoms in total. The van der Waals surface area contributed by atoms with Crippen molar-refractivity contribution in [3.05, 3.63) is 123 Å². The number of thiazole rings is 1. The zero-order chi connectivity index (χ0) is 29.3. The van der Waals surface area contributed by atoms with Crippen molar-refractivity contribution in [2.45, 2.75) is 13.5 Å². The molecule has 5 rings (SSSR count). The summed E-state index contributed by atoms with van der Waals surface area (Å²) in [6.07, 6.45) is 1.55. The van der Waals surface area contributed by atoms with Crippen molar-refractivity contribution in [3.63, 3.8) is 0 Å². The van der Waals surface area contributed by atoms with Gasteiger partial charge in [0.25, 0.3) is 5.91 Å². The van der Waals surface area contributed by atoms with Gasteiger partial charge in [0.05, 0.1) is 18.5 Å². The van der Waals surface area contributed by atoms with Gasteiger partial charge in [0.15, 0.2) is 16.6 Å². The summed E-state index contributed by atoms with van der Waals surface area (Å²) in [5, 5.41) is 11.3. The number of amides is 1. The molecule has 0 unspecified atom stereocenters. The molecule has 42 heavy (non-hydrogen) atoms. The Balaban J connectivity index is 1.18. The molecule has 4 aromatic carbocycles. The Kier molecular flexibility index (Phi) is 9.71. The number of hydrogen-bond acceptors (Lipinski definition) is 7. The number of hydrazone groups is 1. The number of halogens is 2. The van der Waals surface area contributed by atoms with Gasteiger partial charge in [-0.1, -0.05) is 59.6 Å². The van der Waals surface area contributed by atoms with E-state index in [1.54, 1.807) is 42.6 Å². The standard InChI is InChI=1S/C32H26Cl2N4O3S/c1-2-40-30-16-21(8-15-29(30)41-19-24-13-14-25(33)17-27(24)34)18-35-38-31(39)23-11-9-22(10-12-23)28-20-42-32(37-28)36-26-6-4-3-5-7-26/h3-18,20H,2,19H2,1H3,(H,36,37)(H,38,39)/b35-18-. The summed E-state index contributed by atoms with van der Waals surface area (Å²) in [6.45, 7) is 2.60. The van der Waals surface area contributed by atoms with Crippen LogP contribution in [0.25, 0.3) is 11.3 Å². The molecular formula is C32H26Cl2N4O3S. The number of nitrogens with one attached hydrogen (secondary N) is 2. The van der Waals surface area contributed by atoms with Gasteiger partial charge in [-0.15, -0.1) is 11.3 Å². The third-order valence-electron chi connectivity index (χ3n) is 6.02. The predicted molar refractivity (Wildman–Crippen MR) is 171 cm³/mol. The van der Waals surface area contributed by atoms with Gasteiger partial charge in [-0.3, -0.25) is 4.79 Å². The molecule has 212 valence electrons. The van der Waals surface area contributed by atoms with E-state index in [4.69, 9.17) is 32.7 Å². The van der Waals surface area contributed by atoms with Crippen LogP contribution in [-0.2, 0) is 6.61 Å². The molecule has 1 heterocycles. The summed E-state index contributed by atoms with van der Waals surface area (Å²) in [7, 11) is 0. The van der Waals surface area contributed by atoms with E-state index in [-0.39, 0.29) is 12.5 Å². The lowest BCUT2D eigenvalue weighted by Gasteiger charge is -2.13. The van der Waals surface area contributed by atoms with Crippen LogP contribution in [0.3, 0.4) is 0 Å². The summed E-state index contributed by atoms with van der Waals surface area (Å²) >= 11 is 13.8. The second-order valence-corrected chi connectivity index (χ2v) is 10.7. The summed E-state index contributed by atoms with van der Waals surface area (Å²) in [5.74, 6) is 0.789. The Morgan fingerprint density at radius 1 is 0.952 bits per heavy atom. The number of para-hydroxylation sites is 1. The number of anilines is 2. The summed E-state index contributed by atoms with van der Waals surface area (Å²) < 4.78 is 11.7. The molecule has 0 spiro atoms. The minimum atomic E-state index is -0.327. The molecule has 2 N–H and O–H groups in total. The quantitative estimate of drug-likeness (QED) is 0.115. The minimum absolute atomic E-state index is 0.257. The average molecular weight is 618 g/mol. The maximum atomic E-state index is 12.7. The van der Waals surface area contributed by atoms with Crippen molar-refractivity contribution in [2.75, 3.05) is 11.9 Å². The van der Waals surface area contributed by atoms with Crippen LogP contribution in [0.4, 0.5) is 10.8 Å². The molecule has 0 aliphatic heterocycles. The van der Waals surface area contributed by atoms with Gasteiger partial charge in [0.2, 0.25) is 0 Å². The molecule has 10 heteroatoms. The van der Waals surface area contributed by atoms with E-state index in [0.29, 0.717) is 33.7 Å².